The van der Waals surface area contributed by atoms with E-state index in [-0.39, 0.29) is 12.6 Å². The molecule has 1 fully saturated rings. The predicted molar refractivity (Wildman–Crippen MR) is 64.0 cm³/mol. The summed E-state index contributed by atoms with van der Waals surface area (Å²) in [6, 6.07) is 2.16. The fourth-order valence-electron chi connectivity index (χ4n) is 1.84. The molecule has 2 rings (SSSR count). The summed E-state index contributed by atoms with van der Waals surface area (Å²) in [5.41, 5.74) is 1.15. The minimum atomic E-state index is 0.104. The van der Waals surface area contributed by atoms with E-state index in [0.29, 0.717) is 6.61 Å². The molecule has 1 aromatic heterocycles. The van der Waals surface area contributed by atoms with Crippen LogP contribution in [-0.4, -0.2) is 47.4 Å². The van der Waals surface area contributed by atoms with Gasteiger partial charge in [-0.1, -0.05) is 0 Å². The first kappa shape index (κ1) is 12.0. The molecule has 5 heteroatoms. The lowest BCUT2D eigenvalue weighted by Gasteiger charge is -2.34. The largest absolute Gasteiger partial charge is 0.395 e. The number of rotatable bonds is 3. The summed E-state index contributed by atoms with van der Waals surface area (Å²) < 4.78 is 6.32. The van der Waals surface area contributed by atoms with E-state index in [4.69, 9.17) is 4.74 Å². The fraction of sp³-hybridized carbons (Fsp3) is 0.545. The summed E-state index contributed by atoms with van der Waals surface area (Å²) in [5.74, 6) is 0. The van der Waals surface area contributed by atoms with Crippen LogP contribution in [-0.2, 0) is 11.3 Å². The Kier molecular flexibility index (Phi) is 4.29. The van der Waals surface area contributed by atoms with Crippen LogP contribution in [0.5, 0.6) is 0 Å². The molecule has 0 spiro atoms. The molecule has 1 atom stereocenters. The lowest BCUT2D eigenvalue weighted by Crippen LogP contribution is -2.46. The monoisotopic (exact) mass is 286 g/mol. The quantitative estimate of drug-likeness (QED) is 0.902. The second-order valence-corrected chi connectivity index (χ2v) is 4.81. The van der Waals surface area contributed by atoms with Crippen LogP contribution in [0.1, 0.15) is 5.56 Å². The van der Waals surface area contributed by atoms with Crippen molar-refractivity contribution in [1.82, 2.24) is 9.88 Å². The molecule has 0 aliphatic carbocycles. The number of hydrogen-bond donors (Lipinski definition) is 1. The highest BCUT2D eigenvalue weighted by atomic mass is 79.9. The summed E-state index contributed by atoms with van der Waals surface area (Å²) in [6.45, 7) is 3.15. The molecule has 16 heavy (non-hydrogen) atoms. The highest BCUT2D eigenvalue weighted by Crippen LogP contribution is 2.14. The first-order valence-corrected chi connectivity index (χ1v) is 6.11. The molecule has 4 nitrogen and oxygen atoms in total. The highest BCUT2D eigenvalue weighted by molar-refractivity contribution is 9.10. The molecule has 88 valence electrons. The maximum Gasteiger partial charge on any atom is 0.0644 e. The molecule has 1 aliphatic rings. The van der Waals surface area contributed by atoms with Gasteiger partial charge in [0.25, 0.3) is 0 Å². The molecule has 1 aliphatic heterocycles. The predicted octanol–water partition coefficient (Wildman–Crippen LogP) is 1.04. The van der Waals surface area contributed by atoms with Gasteiger partial charge in [-0.3, -0.25) is 9.88 Å². The molecular weight excluding hydrogens is 272 g/mol. The van der Waals surface area contributed by atoms with Gasteiger partial charge in [0.15, 0.2) is 0 Å². The second kappa shape index (κ2) is 5.72. The Bertz CT molecular complexity index is 349. The van der Waals surface area contributed by atoms with Crippen molar-refractivity contribution in [2.45, 2.75) is 12.6 Å². The van der Waals surface area contributed by atoms with Gasteiger partial charge in [-0.15, -0.1) is 0 Å². The Morgan fingerprint density at radius 1 is 1.56 bits per heavy atom. The van der Waals surface area contributed by atoms with E-state index in [2.05, 4.69) is 31.9 Å². The number of aromatic nitrogens is 1. The van der Waals surface area contributed by atoms with Gasteiger partial charge < -0.3 is 9.84 Å². The minimum absolute atomic E-state index is 0.104. The van der Waals surface area contributed by atoms with Crippen LogP contribution in [0.2, 0.25) is 0 Å². The number of morpholine rings is 1. The van der Waals surface area contributed by atoms with Crippen molar-refractivity contribution in [2.75, 3.05) is 26.4 Å². The maximum absolute atomic E-state index is 9.25. The van der Waals surface area contributed by atoms with Crippen molar-refractivity contribution in [2.24, 2.45) is 0 Å². The SMILES string of the molecule is OCC1COCCN1Cc1cncc(Br)c1. The summed E-state index contributed by atoms with van der Waals surface area (Å²) in [6.07, 6.45) is 3.63. The van der Waals surface area contributed by atoms with Crippen LogP contribution < -0.4 is 0 Å². The van der Waals surface area contributed by atoms with Crippen molar-refractivity contribution in [3.63, 3.8) is 0 Å². The number of halogens is 1. The zero-order valence-corrected chi connectivity index (χ0v) is 10.6. The van der Waals surface area contributed by atoms with Gasteiger partial charge >= 0.3 is 0 Å². The van der Waals surface area contributed by atoms with Crippen LogP contribution in [0.15, 0.2) is 22.9 Å². The second-order valence-electron chi connectivity index (χ2n) is 3.89. The van der Waals surface area contributed by atoms with Crippen molar-refractivity contribution in [1.29, 1.82) is 0 Å². The van der Waals surface area contributed by atoms with Crippen molar-refractivity contribution >= 4 is 15.9 Å². The van der Waals surface area contributed by atoms with E-state index >= 15 is 0 Å². The number of hydrogen-bond acceptors (Lipinski definition) is 4. The van der Waals surface area contributed by atoms with E-state index < -0.39 is 0 Å². The van der Waals surface area contributed by atoms with E-state index in [1.807, 2.05) is 6.20 Å². The van der Waals surface area contributed by atoms with Gasteiger partial charge in [0.05, 0.1) is 25.9 Å². The van der Waals surface area contributed by atoms with E-state index in [1.165, 1.54) is 0 Å². The van der Waals surface area contributed by atoms with Gasteiger partial charge in [-0.05, 0) is 27.6 Å². The van der Waals surface area contributed by atoms with Crippen molar-refractivity contribution in [3.05, 3.63) is 28.5 Å². The van der Waals surface area contributed by atoms with Gasteiger partial charge in [0.1, 0.15) is 0 Å². The topological polar surface area (TPSA) is 45.6 Å². The molecule has 0 bridgehead atoms. The van der Waals surface area contributed by atoms with Crippen LogP contribution in [0, 0.1) is 0 Å². The van der Waals surface area contributed by atoms with Crippen LogP contribution in [0.3, 0.4) is 0 Å². The van der Waals surface area contributed by atoms with Crippen LogP contribution in [0.25, 0.3) is 0 Å². The van der Waals surface area contributed by atoms with Gasteiger partial charge in [-0.25, -0.2) is 0 Å². The number of ether oxygens (including phenoxy) is 1. The van der Waals surface area contributed by atoms with E-state index in [1.54, 1.807) is 6.20 Å². The first-order chi connectivity index (χ1) is 7.79. The molecule has 0 amide bonds. The zero-order chi connectivity index (χ0) is 11.4. The van der Waals surface area contributed by atoms with Crippen LogP contribution >= 0.6 is 15.9 Å². The number of nitrogens with zero attached hydrogens (tertiary/aromatic N) is 2. The molecule has 1 unspecified atom stereocenters. The Labute approximate surface area is 103 Å². The van der Waals surface area contributed by atoms with Gasteiger partial charge in [0.2, 0.25) is 0 Å². The average Bonchev–Trinajstić information content (AvgIpc) is 2.30. The number of pyridine rings is 1. The Hall–Kier alpha value is -0.490. The van der Waals surface area contributed by atoms with Crippen molar-refractivity contribution < 1.29 is 9.84 Å². The third-order valence-corrected chi connectivity index (χ3v) is 3.14. The number of aliphatic hydroxyl groups is 1. The Balaban J connectivity index is 2.02. The van der Waals surface area contributed by atoms with Gasteiger partial charge in [-0.2, -0.15) is 0 Å². The first-order valence-electron chi connectivity index (χ1n) is 5.31. The Morgan fingerprint density at radius 3 is 3.19 bits per heavy atom. The minimum Gasteiger partial charge on any atom is -0.395 e. The van der Waals surface area contributed by atoms with Crippen LogP contribution in [0.4, 0.5) is 0 Å². The molecule has 0 radical (unpaired) electrons. The molecule has 1 N–H and O–H groups in total. The summed E-state index contributed by atoms with van der Waals surface area (Å²) in [7, 11) is 0. The van der Waals surface area contributed by atoms with Crippen molar-refractivity contribution in [3.8, 4) is 0 Å². The fourth-order valence-corrected chi connectivity index (χ4v) is 2.25. The molecule has 0 aromatic carbocycles. The third-order valence-electron chi connectivity index (χ3n) is 2.71. The average molecular weight is 287 g/mol. The summed E-state index contributed by atoms with van der Waals surface area (Å²) in [4.78, 5) is 6.36. The highest BCUT2D eigenvalue weighted by Gasteiger charge is 2.22. The van der Waals surface area contributed by atoms with E-state index in [0.717, 1.165) is 29.7 Å². The molecular formula is C11H15BrN2O2. The normalized spacial score (nSPS) is 22.2. The summed E-state index contributed by atoms with van der Waals surface area (Å²) in [5, 5.41) is 9.25. The Morgan fingerprint density at radius 2 is 2.44 bits per heavy atom. The van der Waals surface area contributed by atoms with Gasteiger partial charge in [0, 0.05) is 30.0 Å². The molecule has 2 heterocycles. The molecule has 1 saturated heterocycles. The molecule has 1 aromatic rings. The third kappa shape index (κ3) is 3.01. The lowest BCUT2D eigenvalue weighted by molar-refractivity contribution is -0.0313. The standard InChI is InChI=1S/C11H15BrN2O2/c12-10-3-9(4-13-5-10)6-14-1-2-16-8-11(14)7-15/h3-5,11,15H,1-2,6-8H2. The number of aliphatic hydroxyl groups excluding tert-OH is 1. The van der Waals surface area contributed by atoms with E-state index in [9.17, 15) is 5.11 Å². The summed E-state index contributed by atoms with van der Waals surface area (Å²) >= 11 is 3.40. The lowest BCUT2D eigenvalue weighted by atomic mass is 10.2. The maximum atomic E-state index is 9.25. The smallest absolute Gasteiger partial charge is 0.0644 e. The zero-order valence-electron chi connectivity index (χ0n) is 8.97. The molecule has 0 saturated carbocycles.